The minimum atomic E-state index is -5.07. The monoisotopic (exact) mass is 314 g/mol. The van der Waals surface area contributed by atoms with Crippen LogP contribution in [0.2, 0.25) is 0 Å². The van der Waals surface area contributed by atoms with E-state index in [0.29, 0.717) is 18.1 Å². The van der Waals surface area contributed by atoms with E-state index in [1.807, 2.05) is 0 Å². The quantitative estimate of drug-likeness (QED) is 0.799. The fourth-order valence-electron chi connectivity index (χ4n) is 2.06. The molecule has 1 aliphatic heterocycles. The molecule has 3 rings (SSSR count). The SMILES string of the molecule is O=S(=O)(F)Oc1cccc(-c2noc(C3CCCO3)n2)c1. The fraction of sp³-hybridized carbons (Fsp3) is 0.333. The third-order valence-corrected chi connectivity index (χ3v) is 3.33. The molecule has 9 heteroatoms. The van der Waals surface area contributed by atoms with E-state index < -0.39 is 10.5 Å². The van der Waals surface area contributed by atoms with Crippen LogP contribution in [-0.2, 0) is 15.2 Å². The molecular formula is C12H11FN2O5S. The topological polar surface area (TPSA) is 91.5 Å². The number of halogens is 1. The first kappa shape index (κ1) is 14.0. The van der Waals surface area contributed by atoms with Crippen LogP contribution < -0.4 is 4.18 Å². The molecule has 1 saturated heterocycles. The summed E-state index contributed by atoms with van der Waals surface area (Å²) < 4.78 is 48.2. The molecular weight excluding hydrogens is 303 g/mol. The molecule has 0 saturated carbocycles. The summed E-state index contributed by atoms with van der Waals surface area (Å²) in [6.07, 6.45) is 1.53. The van der Waals surface area contributed by atoms with Gasteiger partial charge in [0, 0.05) is 12.2 Å². The molecule has 2 aromatic rings. The number of aromatic nitrogens is 2. The summed E-state index contributed by atoms with van der Waals surface area (Å²) >= 11 is 0. The van der Waals surface area contributed by atoms with Crippen LogP contribution in [0.5, 0.6) is 5.75 Å². The van der Waals surface area contributed by atoms with Crippen LogP contribution in [0, 0.1) is 0 Å². The highest BCUT2D eigenvalue weighted by atomic mass is 32.3. The minimum absolute atomic E-state index is 0.168. The van der Waals surface area contributed by atoms with Gasteiger partial charge in [-0.2, -0.15) is 13.4 Å². The molecule has 1 fully saturated rings. The van der Waals surface area contributed by atoms with E-state index in [1.54, 1.807) is 6.07 Å². The van der Waals surface area contributed by atoms with Gasteiger partial charge >= 0.3 is 10.5 Å². The van der Waals surface area contributed by atoms with E-state index in [0.717, 1.165) is 12.8 Å². The summed E-state index contributed by atoms with van der Waals surface area (Å²) in [6.45, 7) is 0.653. The normalized spacial score (nSPS) is 18.8. The third-order valence-electron chi connectivity index (χ3n) is 2.93. The van der Waals surface area contributed by atoms with Crippen LogP contribution in [0.3, 0.4) is 0 Å². The maximum atomic E-state index is 12.5. The first-order valence-corrected chi connectivity index (χ1v) is 7.52. The predicted molar refractivity (Wildman–Crippen MR) is 68.3 cm³/mol. The lowest BCUT2D eigenvalue weighted by Crippen LogP contribution is -2.01. The van der Waals surface area contributed by atoms with Crippen LogP contribution in [0.1, 0.15) is 24.8 Å². The first-order valence-electron chi connectivity index (χ1n) is 6.21. The number of benzene rings is 1. The van der Waals surface area contributed by atoms with E-state index in [4.69, 9.17) is 9.26 Å². The molecule has 0 bridgehead atoms. The predicted octanol–water partition coefficient (Wildman–Crippen LogP) is 2.18. The molecule has 1 unspecified atom stereocenters. The Kier molecular flexibility index (Phi) is 3.60. The summed E-state index contributed by atoms with van der Waals surface area (Å²) in [5, 5.41) is 3.80. The van der Waals surface area contributed by atoms with E-state index in [1.165, 1.54) is 18.2 Å². The Morgan fingerprint density at radius 3 is 2.95 bits per heavy atom. The van der Waals surface area contributed by atoms with Crippen LogP contribution in [-0.4, -0.2) is 25.2 Å². The van der Waals surface area contributed by atoms with Crippen molar-refractivity contribution in [2.45, 2.75) is 18.9 Å². The van der Waals surface area contributed by atoms with Crippen LogP contribution >= 0.6 is 0 Å². The van der Waals surface area contributed by atoms with Crippen molar-refractivity contribution in [1.29, 1.82) is 0 Å². The number of ether oxygens (including phenoxy) is 1. The van der Waals surface area contributed by atoms with E-state index >= 15 is 0 Å². The standard InChI is InChI=1S/C12H11FN2O5S/c13-21(16,17)20-9-4-1-3-8(7-9)11-14-12(19-15-11)10-5-2-6-18-10/h1,3-4,7,10H,2,5-6H2. The maximum Gasteiger partial charge on any atom is 0.488 e. The Hall–Kier alpha value is -2.00. The zero-order valence-corrected chi connectivity index (χ0v) is 11.5. The van der Waals surface area contributed by atoms with Gasteiger partial charge in [-0.15, -0.1) is 0 Å². The molecule has 1 aromatic carbocycles. The number of rotatable bonds is 4. The van der Waals surface area contributed by atoms with Crippen molar-refractivity contribution in [1.82, 2.24) is 10.1 Å². The second-order valence-corrected chi connectivity index (χ2v) is 5.42. The Morgan fingerprint density at radius 1 is 1.38 bits per heavy atom. The summed E-state index contributed by atoms with van der Waals surface area (Å²) in [6, 6.07) is 5.74. The minimum Gasteiger partial charge on any atom is -0.368 e. The Balaban J connectivity index is 1.85. The lowest BCUT2D eigenvalue weighted by molar-refractivity contribution is 0.0835. The number of hydrogen-bond donors (Lipinski definition) is 0. The van der Waals surface area contributed by atoms with Gasteiger partial charge in [0.1, 0.15) is 11.9 Å². The van der Waals surface area contributed by atoms with E-state index in [-0.39, 0.29) is 17.7 Å². The third kappa shape index (κ3) is 3.37. The van der Waals surface area contributed by atoms with Crippen LogP contribution in [0.4, 0.5) is 3.89 Å². The van der Waals surface area contributed by atoms with Gasteiger partial charge in [0.15, 0.2) is 0 Å². The van der Waals surface area contributed by atoms with Gasteiger partial charge in [-0.05, 0) is 25.0 Å². The van der Waals surface area contributed by atoms with Crippen molar-refractivity contribution >= 4 is 10.5 Å². The zero-order chi connectivity index (χ0) is 14.9. The smallest absolute Gasteiger partial charge is 0.368 e. The molecule has 0 N–H and O–H groups in total. The van der Waals surface area contributed by atoms with Crippen LogP contribution in [0.25, 0.3) is 11.4 Å². The number of hydrogen-bond acceptors (Lipinski definition) is 7. The molecule has 0 spiro atoms. The summed E-state index contributed by atoms with van der Waals surface area (Å²) in [4.78, 5) is 4.20. The molecule has 1 aromatic heterocycles. The molecule has 1 aliphatic rings. The van der Waals surface area contributed by atoms with Crippen molar-refractivity contribution in [3.63, 3.8) is 0 Å². The van der Waals surface area contributed by atoms with Crippen molar-refractivity contribution in [3.8, 4) is 17.1 Å². The highest BCUT2D eigenvalue weighted by Gasteiger charge is 2.24. The molecule has 21 heavy (non-hydrogen) atoms. The van der Waals surface area contributed by atoms with Gasteiger partial charge in [-0.3, -0.25) is 0 Å². The molecule has 0 radical (unpaired) electrons. The Bertz CT molecular complexity index is 740. The summed E-state index contributed by atoms with van der Waals surface area (Å²) in [5.41, 5.74) is 0.448. The second-order valence-electron chi connectivity index (χ2n) is 4.46. The van der Waals surface area contributed by atoms with Crippen molar-refractivity contribution in [2.75, 3.05) is 6.61 Å². The van der Waals surface area contributed by atoms with Gasteiger partial charge < -0.3 is 13.4 Å². The van der Waals surface area contributed by atoms with Crippen molar-refractivity contribution in [2.24, 2.45) is 0 Å². The summed E-state index contributed by atoms with van der Waals surface area (Å²) in [5.74, 6) is 0.451. The van der Waals surface area contributed by atoms with Crippen molar-refractivity contribution in [3.05, 3.63) is 30.2 Å². The van der Waals surface area contributed by atoms with Gasteiger partial charge in [0.25, 0.3) is 5.89 Å². The average Bonchev–Trinajstić information content (AvgIpc) is 3.08. The van der Waals surface area contributed by atoms with Crippen LogP contribution in [0.15, 0.2) is 28.8 Å². The molecule has 7 nitrogen and oxygen atoms in total. The van der Waals surface area contributed by atoms with E-state index in [9.17, 15) is 12.3 Å². The highest BCUT2D eigenvalue weighted by Crippen LogP contribution is 2.29. The van der Waals surface area contributed by atoms with E-state index in [2.05, 4.69) is 14.3 Å². The second kappa shape index (κ2) is 5.41. The highest BCUT2D eigenvalue weighted by molar-refractivity contribution is 7.81. The maximum absolute atomic E-state index is 12.5. The Labute approximate surface area is 120 Å². The largest absolute Gasteiger partial charge is 0.488 e. The molecule has 2 heterocycles. The first-order chi connectivity index (χ1) is 10.0. The van der Waals surface area contributed by atoms with Gasteiger partial charge in [0.05, 0.1) is 0 Å². The molecule has 0 aliphatic carbocycles. The Morgan fingerprint density at radius 2 is 2.24 bits per heavy atom. The average molecular weight is 314 g/mol. The zero-order valence-electron chi connectivity index (χ0n) is 10.7. The van der Waals surface area contributed by atoms with Crippen molar-refractivity contribution < 1.29 is 25.7 Å². The number of nitrogens with zero attached hydrogens (tertiary/aromatic N) is 2. The van der Waals surface area contributed by atoms with Gasteiger partial charge in [-0.1, -0.05) is 21.2 Å². The fourth-order valence-corrected chi connectivity index (χ4v) is 2.39. The van der Waals surface area contributed by atoms with Gasteiger partial charge in [0.2, 0.25) is 5.82 Å². The molecule has 112 valence electrons. The summed E-state index contributed by atoms with van der Waals surface area (Å²) in [7, 11) is -5.07. The van der Waals surface area contributed by atoms with Gasteiger partial charge in [-0.25, -0.2) is 0 Å². The molecule has 0 amide bonds. The molecule has 1 atom stereocenters. The lowest BCUT2D eigenvalue weighted by atomic mass is 10.2. The lowest BCUT2D eigenvalue weighted by Gasteiger charge is -2.01.